The van der Waals surface area contributed by atoms with E-state index in [9.17, 15) is 8.42 Å². The molecule has 0 aliphatic carbocycles. The van der Waals surface area contributed by atoms with Crippen LogP contribution in [0.25, 0.3) is 0 Å². The Morgan fingerprint density at radius 1 is 1.29 bits per heavy atom. The SMILES string of the molecule is CN=C(NCCS(=O)(=O)N1CCOCC1)NC(C)(C)C.I. The molecular formula is C12H27IN4O3S. The van der Waals surface area contributed by atoms with Crippen LogP contribution in [0.15, 0.2) is 4.99 Å². The Balaban J connectivity index is 0.00000400. The van der Waals surface area contributed by atoms with Crippen LogP contribution in [0, 0.1) is 0 Å². The van der Waals surface area contributed by atoms with Gasteiger partial charge < -0.3 is 15.4 Å². The van der Waals surface area contributed by atoms with E-state index >= 15 is 0 Å². The van der Waals surface area contributed by atoms with Crippen LogP contribution >= 0.6 is 24.0 Å². The molecule has 1 aliphatic rings. The lowest BCUT2D eigenvalue weighted by molar-refractivity contribution is 0.0730. The third-order valence-corrected chi connectivity index (χ3v) is 4.60. The number of hydrogen-bond donors (Lipinski definition) is 2. The molecule has 1 fully saturated rings. The summed E-state index contributed by atoms with van der Waals surface area (Å²) in [5.41, 5.74) is -0.120. The minimum atomic E-state index is -3.22. The largest absolute Gasteiger partial charge is 0.379 e. The molecule has 126 valence electrons. The Morgan fingerprint density at radius 3 is 2.33 bits per heavy atom. The van der Waals surface area contributed by atoms with Gasteiger partial charge in [-0.05, 0) is 20.8 Å². The van der Waals surface area contributed by atoms with Crippen LogP contribution in [-0.4, -0.2) is 69.9 Å². The molecule has 7 nitrogen and oxygen atoms in total. The number of nitrogens with zero attached hydrogens (tertiary/aromatic N) is 2. The molecule has 0 aromatic rings. The van der Waals surface area contributed by atoms with Gasteiger partial charge in [-0.1, -0.05) is 0 Å². The molecule has 1 heterocycles. The summed E-state index contributed by atoms with van der Waals surface area (Å²) in [5, 5.41) is 6.21. The zero-order valence-electron chi connectivity index (χ0n) is 13.2. The first kappa shape index (κ1) is 20.9. The second kappa shape index (κ2) is 9.11. The molecule has 0 aromatic carbocycles. The van der Waals surface area contributed by atoms with Crippen molar-refractivity contribution in [3.63, 3.8) is 0 Å². The molecule has 0 aromatic heterocycles. The predicted octanol–water partition coefficient (Wildman–Crippen LogP) is 0.230. The fourth-order valence-corrected chi connectivity index (χ4v) is 3.11. The van der Waals surface area contributed by atoms with Crippen LogP contribution in [0.3, 0.4) is 0 Å². The van der Waals surface area contributed by atoms with E-state index < -0.39 is 10.0 Å². The Labute approximate surface area is 145 Å². The second-order valence-corrected chi connectivity index (χ2v) is 7.79. The van der Waals surface area contributed by atoms with Crippen LogP contribution in [0.5, 0.6) is 0 Å². The predicted molar refractivity (Wildman–Crippen MR) is 95.8 cm³/mol. The Hall–Kier alpha value is -0.130. The highest BCUT2D eigenvalue weighted by Crippen LogP contribution is 2.05. The van der Waals surface area contributed by atoms with Crippen molar-refractivity contribution in [2.24, 2.45) is 4.99 Å². The molecule has 0 atom stereocenters. The van der Waals surface area contributed by atoms with Gasteiger partial charge >= 0.3 is 0 Å². The lowest BCUT2D eigenvalue weighted by Crippen LogP contribution is -2.49. The first-order valence-corrected chi connectivity index (χ1v) is 8.40. The molecule has 9 heteroatoms. The van der Waals surface area contributed by atoms with Crippen molar-refractivity contribution in [2.45, 2.75) is 26.3 Å². The van der Waals surface area contributed by atoms with Crippen LogP contribution in [-0.2, 0) is 14.8 Å². The van der Waals surface area contributed by atoms with Gasteiger partial charge in [0.1, 0.15) is 0 Å². The van der Waals surface area contributed by atoms with Gasteiger partial charge in [-0.2, -0.15) is 4.31 Å². The third-order valence-electron chi connectivity index (χ3n) is 2.73. The van der Waals surface area contributed by atoms with E-state index in [0.29, 0.717) is 38.8 Å². The number of guanidine groups is 1. The van der Waals surface area contributed by atoms with Gasteiger partial charge in [-0.3, -0.25) is 4.99 Å². The van der Waals surface area contributed by atoms with E-state index in [2.05, 4.69) is 15.6 Å². The smallest absolute Gasteiger partial charge is 0.215 e. The Morgan fingerprint density at radius 2 is 1.86 bits per heavy atom. The molecule has 0 spiro atoms. The molecule has 21 heavy (non-hydrogen) atoms. The number of halogens is 1. The highest BCUT2D eigenvalue weighted by atomic mass is 127. The van der Waals surface area contributed by atoms with Gasteiger partial charge in [0.15, 0.2) is 5.96 Å². The monoisotopic (exact) mass is 434 g/mol. The van der Waals surface area contributed by atoms with Crippen LogP contribution in [0.2, 0.25) is 0 Å². The lowest BCUT2D eigenvalue weighted by atomic mass is 10.1. The number of nitrogens with one attached hydrogen (secondary N) is 2. The summed E-state index contributed by atoms with van der Waals surface area (Å²) in [7, 11) is -1.56. The molecule has 1 aliphatic heterocycles. The summed E-state index contributed by atoms with van der Waals surface area (Å²) in [4.78, 5) is 4.07. The number of morpholine rings is 1. The molecule has 0 saturated carbocycles. The number of ether oxygens (including phenoxy) is 1. The standard InChI is InChI=1S/C12H26N4O3S.HI/c1-12(2,3)15-11(13-4)14-5-10-20(17,18)16-6-8-19-9-7-16;/h5-10H2,1-4H3,(H2,13,14,15);1H. The summed E-state index contributed by atoms with van der Waals surface area (Å²) < 4.78 is 30.9. The average Bonchev–Trinajstić information content (AvgIpc) is 2.37. The van der Waals surface area contributed by atoms with E-state index in [1.165, 1.54) is 4.31 Å². The number of hydrogen-bond acceptors (Lipinski definition) is 4. The quantitative estimate of drug-likeness (QED) is 0.376. The minimum absolute atomic E-state index is 0. The zero-order valence-corrected chi connectivity index (χ0v) is 16.3. The lowest BCUT2D eigenvalue weighted by Gasteiger charge is -2.27. The number of aliphatic imine (C=N–C) groups is 1. The van der Waals surface area contributed by atoms with Gasteiger partial charge in [0.25, 0.3) is 0 Å². The van der Waals surface area contributed by atoms with Crippen LogP contribution in [0.1, 0.15) is 20.8 Å². The highest BCUT2D eigenvalue weighted by Gasteiger charge is 2.24. The Kier molecular flexibility index (Phi) is 9.05. The third kappa shape index (κ3) is 8.17. The number of sulfonamides is 1. The summed E-state index contributed by atoms with van der Waals surface area (Å²) >= 11 is 0. The maximum Gasteiger partial charge on any atom is 0.215 e. The van der Waals surface area contributed by atoms with Gasteiger partial charge in [0, 0.05) is 32.2 Å². The number of rotatable bonds is 4. The van der Waals surface area contributed by atoms with E-state index in [1.54, 1.807) is 7.05 Å². The van der Waals surface area contributed by atoms with E-state index in [4.69, 9.17) is 4.74 Å². The van der Waals surface area contributed by atoms with Crippen LogP contribution < -0.4 is 10.6 Å². The highest BCUT2D eigenvalue weighted by molar-refractivity contribution is 14.0. The van der Waals surface area contributed by atoms with Crippen molar-refractivity contribution >= 4 is 40.0 Å². The van der Waals surface area contributed by atoms with Crippen molar-refractivity contribution in [1.29, 1.82) is 0 Å². The topological polar surface area (TPSA) is 83.0 Å². The summed E-state index contributed by atoms with van der Waals surface area (Å²) in [6, 6.07) is 0. The van der Waals surface area contributed by atoms with Gasteiger partial charge in [0.2, 0.25) is 10.0 Å². The minimum Gasteiger partial charge on any atom is -0.379 e. The molecule has 0 radical (unpaired) electrons. The molecule has 0 bridgehead atoms. The molecular weight excluding hydrogens is 407 g/mol. The first-order valence-electron chi connectivity index (χ1n) is 6.79. The molecule has 1 rings (SSSR count). The van der Waals surface area contributed by atoms with Crippen molar-refractivity contribution < 1.29 is 13.2 Å². The van der Waals surface area contributed by atoms with E-state index in [0.717, 1.165) is 0 Å². The van der Waals surface area contributed by atoms with Gasteiger partial charge in [-0.25, -0.2) is 8.42 Å². The van der Waals surface area contributed by atoms with Gasteiger partial charge in [-0.15, -0.1) is 24.0 Å². The maximum absolute atomic E-state index is 12.1. The average molecular weight is 434 g/mol. The van der Waals surface area contributed by atoms with Crippen molar-refractivity contribution in [3.05, 3.63) is 0 Å². The molecule has 0 amide bonds. The second-order valence-electron chi connectivity index (χ2n) is 5.70. The first-order chi connectivity index (χ1) is 9.24. The maximum atomic E-state index is 12.1. The van der Waals surface area contributed by atoms with Crippen LogP contribution in [0.4, 0.5) is 0 Å². The van der Waals surface area contributed by atoms with Crippen molar-refractivity contribution in [1.82, 2.24) is 14.9 Å². The summed E-state index contributed by atoms with van der Waals surface area (Å²) in [6.07, 6.45) is 0. The zero-order chi connectivity index (χ0) is 15.2. The fourth-order valence-electron chi connectivity index (χ4n) is 1.79. The van der Waals surface area contributed by atoms with Crippen molar-refractivity contribution in [2.75, 3.05) is 45.6 Å². The van der Waals surface area contributed by atoms with E-state index in [1.807, 2.05) is 20.8 Å². The molecule has 2 N–H and O–H groups in total. The van der Waals surface area contributed by atoms with Gasteiger partial charge in [0.05, 0.1) is 19.0 Å². The molecule has 1 saturated heterocycles. The summed E-state index contributed by atoms with van der Waals surface area (Å²) in [6.45, 7) is 8.21. The molecule has 0 unspecified atom stereocenters. The van der Waals surface area contributed by atoms with E-state index in [-0.39, 0.29) is 35.3 Å². The Bertz CT molecular complexity index is 428. The normalized spacial score (nSPS) is 18.0. The van der Waals surface area contributed by atoms with Crippen molar-refractivity contribution in [3.8, 4) is 0 Å². The fraction of sp³-hybridized carbons (Fsp3) is 0.917. The summed E-state index contributed by atoms with van der Waals surface area (Å²) in [5.74, 6) is 0.660.